The first-order valence-corrected chi connectivity index (χ1v) is 12.2. The van der Waals surface area contributed by atoms with Crippen LogP contribution in [0.1, 0.15) is 6.42 Å². The van der Waals surface area contributed by atoms with Crippen molar-refractivity contribution in [1.29, 1.82) is 0 Å². The Morgan fingerprint density at radius 3 is 2.74 bits per heavy atom. The lowest BCUT2D eigenvalue weighted by Gasteiger charge is -2.29. The minimum absolute atomic E-state index is 0.0797. The van der Waals surface area contributed by atoms with E-state index in [4.69, 9.17) is 20.2 Å². The third kappa shape index (κ3) is 3.80. The number of hydrogen-bond donors (Lipinski definition) is 3. The number of primary amides is 1. The van der Waals surface area contributed by atoms with E-state index in [-0.39, 0.29) is 24.0 Å². The SMILES string of the molecule is NC(=O)O[C@@H]1[C@H](Nc2c(Br)cnc3nc(-c4ccc(N5CCOCC5)cc4)[nH]c23)[C@H]2C=C[C@@H]1C2. The first kappa shape index (κ1) is 21.4. The molecule has 0 radical (unpaired) electrons. The molecule has 4 atom stereocenters. The molecule has 1 amide bonds. The minimum Gasteiger partial charge on any atom is -0.444 e. The zero-order valence-corrected chi connectivity index (χ0v) is 20.0. The molecule has 1 saturated heterocycles. The van der Waals surface area contributed by atoms with Crippen molar-refractivity contribution in [3.63, 3.8) is 0 Å². The second-order valence-corrected chi connectivity index (χ2v) is 9.79. The molecule has 2 aliphatic carbocycles. The number of carbonyl (C=O) groups excluding carboxylic acids is 1. The molecule has 3 heterocycles. The fraction of sp³-hybridized carbons (Fsp3) is 0.375. The van der Waals surface area contributed by atoms with Crippen molar-refractivity contribution >= 4 is 44.6 Å². The molecule has 176 valence electrons. The van der Waals surface area contributed by atoms with Gasteiger partial charge in [-0.1, -0.05) is 12.2 Å². The number of aromatic nitrogens is 3. The maximum atomic E-state index is 11.5. The van der Waals surface area contributed by atoms with Crippen LogP contribution in [0.15, 0.2) is 47.1 Å². The number of hydrogen-bond acceptors (Lipinski definition) is 7. The van der Waals surface area contributed by atoms with Gasteiger partial charge in [-0.05, 0) is 46.6 Å². The highest BCUT2D eigenvalue weighted by molar-refractivity contribution is 9.10. The van der Waals surface area contributed by atoms with Crippen LogP contribution in [0.25, 0.3) is 22.6 Å². The summed E-state index contributed by atoms with van der Waals surface area (Å²) >= 11 is 3.63. The van der Waals surface area contributed by atoms with Gasteiger partial charge in [-0.15, -0.1) is 0 Å². The van der Waals surface area contributed by atoms with E-state index in [1.807, 2.05) is 0 Å². The molecule has 2 fully saturated rings. The minimum atomic E-state index is -0.749. The number of morpholine rings is 1. The van der Waals surface area contributed by atoms with Gasteiger partial charge in [0.25, 0.3) is 0 Å². The molecule has 3 aromatic rings. The van der Waals surface area contributed by atoms with Crippen molar-refractivity contribution < 1.29 is 14.3 Å². The lowest BCUT2D eigenvalue weighted by atomic mass is 9.98. The number of H-pyrrole nitrogens is 1. The van der Waals surface area contributed by atoms with Crippen LogP contribution in [0, 0.1) is 11.8 Å². The van der Waals surface area contributed by atoms with Gasteiger partial charge >= 0.3 is 6.09 Å². The van der Waals surface area contributed by atoms with Crippen LogP contribution in [0.3, 0.4) is 0 Å². The van der Waals surface area contributed by atoms with Crippen LogP contribution in [-0.4, -0.2) is 59.5 Å². The van der Waals surface area contributed by atoms with Crippen LogP contribution >= 0.6 is 15.9 Å². The Balaban J connectivity index is 1.30. The number of anilines is 2. The van der Waals surface area contributed by atoms with Gasteiger partial charge in [0.15, 0.2) is 5.65 Å². The van der Waals surface area contributed by atoms with Crippen molar-refractivity contribution in [3.05, 3.63) is 47.1 Å². The smallest absolute Gasteiger partial charge is 0.404 e. The van der Waals surface area contributed by atoms with Crippen LogP contribution in [0.5, 0.6) is 0 Å². The van der Waals surface area contributed by atoms with Crippen molar-refractivity contribution in [2.45, 2.75) is 18.6 Å². The summed E-state index contributed by atoms with van der Waals surface area (Å²) in [5.74, 6) is 1.18. The predicted octanol–water partition coefficient (Wildman–Crippen LogP) is 3.67. The fourth-order valence-corrected chi connectivity index (χ4v) is 5.71. The molecular formula is C24H25BrN6O3. The second-order valence-electron chi connectivity index (χ2n) is 8.93. The highest BCUT2D eigenvalue weighted by Crippen LogP contribution is 2.44. The number of ether oxygens (including phenoxy) is 2. The molecule has 2 aromatic heterocycles. The summed E-state index contributed by atoms with van der Waals surface area (Å²) in [5.41, 5.74) is 9.76. The summed E-state index contributed by atoms with van der Waals surface area (Å²) in [4.78, 5) is 26.5. The number of amides is 1. The molecule has 2 bridgehead atoms. The Morgan fingerprint density at radius 1 is 1.21 bits per heavy atom. The number of carbonyl (C=O) groups is 1. The van der Waals surface area contributed by atoms with E-state index >= 15 is 0 Å². The van der Waals surface area contributed by atoms with Crippen LogP contribution in [0.2, 0.25) is 0 Å². The monoisotopic (exact) mass is 524 g/mol. The lowest BCUT2D eigenvalue weighted by Crippen LogP contribution is -2.41. The Kier molecular flexibility index (Phi) is 5.41. The Labute approximate surface area is 204 Å². The zero-order chi connectivity index (χ0) is 23.2. The van der Waals surface area contributed by atoms with E-state index in [0.717, 1.165) is 59.8 Å². The van der Waals surface area contributed by atoms with Gasteiger partial charge in [0.2, 0.25) is 0 Å². The summed E-state index contributed by atoms with van der Waals surface area (Å²) in [6, 6.07) is 8.29. The van der Waals surface area contributed by atoms with Crippen molar-refractivity contribution in [2.24, 2.45) is 17.6 Å². The van der Waals surface area contributed by atoms with Crippen LogP contribution < -0.4 is 16.0 Å². The number of rotatable bonds is 5. The summed E-state index contributed by atoms with van der Waals surface area (Å²) in [6.07, 6.45) is 5.92. The third-order valence-electron chi connectivity index (χ3n) is 6.94. The number of nitrogens with two attached hydrogens (primary N) is 1. The van der Waals surface area contributed by atoms with E-state index in [1.165, 1.54) is 5.69 Å². The predicted molar refractivity (Wildman–Crippen MR) is 133 cm³/mol. The first-order valence-electron chi connectivity index (χ1n) is 11.4. The summed E-state index contributed by atoms with van der Waals surface area (Å²) in [7, 11) is 0. The van der Waals surface area contributed by atoms with E-state index in [1.54, 1.807) is 6.20 Å². The molecule has 1 aromatic carbocycles. The highest BCUT2D eigenvalue weighted by atomic mass is 79.9. The Hall–Kier alpha value is -3.11. The number of imidazole rings is 1. The van der Waals surface area contributed by atoms with Crippen molar-refractivity contribution in [1.82, 2.24) is 15.0 Å². The Bertz CT molecular complexity index is 1250. The van der Waals surface area contributed by atoms with Gasteiger partial charge in [0, 0.05) is 42.4 Å². The number of nitrogens with one attached hydrogen (secondary N) is 2. The molecule has 1 aliphatic heterocycles. The van der Waals surface area contributed by atoms with Crippen LogP contribution in [0.4, 0.5) is 16.2 Å². The van der Waals surface area contributed by atoms with Gasteiger partial charge in [-0.25, -0.2) is 14.8 Å². The van der Waals surface area contributed by atoms with Crippen LogP contribution in [-0.2, 0) is 9.47 Å². The molecule has 4 N–H and O–H groups in total. The molecule has 0 spiro atoms. The molecule has 10 heteroatoms. The number of pyridine rings is 1. The fourth-order valence-electron chi connectivity index (χ4n) is 5.29. The molecule has 0 unspecified atom stereocenters. The molecular weight excluding hydrogens is 500 g/mol. The van der Waals surface area contributed by atoms with Gasteiger partial charge in [0.05, 0.1) is 29.4 Å². The molecule has 34 heavy (non-hydrogen) atoms. The number of halogens is 1. The van der Waals surface area contributed by atoms with Gasteiger partial charge < -0.3 is 30.4 Å². The number of nitrogens with zero attached hydrogens (tertiary/aromatic N) is 3. The number of fused-ring (bicyclic) bond motifs is 3. The standard InChI is InChI=1S/C24H25BrN6O3/c25-17-12-27-23-20(19(17)28-18-14-1-2-15(11-14)21(18)34-24(26)32)29-22(30-23)13-3-5-16(6-4-13)31-7-9-33-10-8-31/h1-6,12,14-15,18,21H,7-11H2,(H2,26,32)(H2,27,28,29,30)/t14-,15+,18+,21-/m0/s1. The van der Waals surface area contributed by atoms with Gasteiger partial charge in [0.1, 0.15) is 17.4 Å². The maximum absolute atomic E-state index is 11.5. The number of aromatic amines is 1. The van der Waals surface area contributed by atoms with Crippen molar-refractivity contribution in [3.8, 4) is 11.4 Å². The van der Waals surface area contributed by atoms with E-state index in [0.29, 0.717) is 5.65 Å². The second kappa shape index (κ2) is 8.59. The average Bonchev–Trinajstić information content (AvgIpc) is 3.57. The summed E-state index contributed by atoms with van der Waals surface area (Å²) in [5, 5.41) is 3.60. The molecule has 1 saturated carbocycles. The first-order chi connectivity index (χ1) is 16.6. The normalized spacial score (nSPS) is 25.7. The summed E-state index contributed by atoms with van der Waals surface area (Å²) in [6.45, 7) is 3.31. The number of benzene rings is 1. The Morgan fingerprint density at radius 2 is 1.97 bits per heavy atom. The van der Waals surface area contributed by atoms with E-state index < -0.39 is 6.09 Å². The quantitative estimate of drug-likeness (QED) is 0.435. The topological polar surface area (TPSA) is 118 Å². The third-order valence-corrected chi connectivity index (χ3v) is 7.54. The lowest BCUT2D eigenvalue weighted by molar-refractivity contribution is 0.0854. The van der Waals surface area contributed by atoms with Gasteiger partial charge in [-0.2, -0.15) is 0 Å². The average molecular weight is 525 g/mol. The maximum Gasteiger partial charge on any atom is 0.404 e. The highest BCUT2D eigenvalue weighted by Gasteiger charge is 2.47. The van der Waals surface area contributed by atoms with Gasteiger partial charge in [-0.3, -0.25) is 0 Å². The zero-order valence-electron chi connectivity index (χ0n) is 18.4. The van der Waals surface area contributed by atoms with E-state index in [9.17, 15) is 4.79 Å². The van der Waals surface area contributed by atoms with Crippen molar-refractivity contribution in [2.75, 3.05) is 36.5 Å². The van der Waals surface area contributed by atoms with E-state index in [2.05, 4.69) is 72.5 Å². The largest absolute Gasteiger partial charge is 0.444 e. The molecule has 9 nitrogen and oxygen atoms in total. The molecule has 3 aliphatic rings. The summed E-state index contributed by atoms with van der Waals surface area (Å²) < 4.78 is 11.7. The molecule has 6 rings (SSSR count).